The minimum atomic E-state index is -0.685. The van der Waals surface area contributed by atoms with Crippen LogP contribution in [0.25, 0.3) is 22.2 Å². The number of aromatic nitrogens is 1. The molecule has 1 atom stereocenters. The maximum Gasteiger partial charge on any atom is 0.225 e. The van der Waals surface area contributed by atoms with Crippen LogP contribution in [-0.2, 0) is 4.79 Å². The average molecular weight is 402 g/mol. The van der Waals surface area contributed by atoms with Crippen LogP contribution < -0.4 is 5.32 Å². The average Bonchev–Trinajstić information content (AvgIpc) is 3.03. The van der Waals surface area contributed by atoms with E-state index in [-0.39, 0.29) is 35.8 Å². The molecule has 7 heteroatoms. The van der Waals surface area contributed by atoms with Crippen LogP contribution in [0.3, 0.4) is 0 Å². The van der Waals surface area contributed by atoms with Crippen molar-refractivity contribution in [1.82, 2.24) is 10.3 Å². The third kappa shape index (κ3) is 3.62. The third-order valence-electron chi connectivity index (χ3n) is 5.61. The molecule has 2 aromatic carbocycles. The molecule has 0 saturated heterocycles. The van der Waals surface area contributed by atoms with Gasteiger partial charge in [0.15, 0.2) is 0 Å². The first-order valence-corrected chi connectivity index (χ1v) is 9.55. The van der Waals surface area contributed by atoms with Gasteiger partial charge in [-0.3, -0.25) is 4.79 Å². The maximum absolute atomic E-state index is 14.4. The van der Waals surface area contributed by atoms with E-state index in [4.69, 9.17) is 5.11 Å². The molecule has 1 amide bonds. The summed E-state index contributed by atoms with van der Waals surface area (Å²) in [5, 5.41) is 12.4. The number of halogens is 3. The predicted molar refractivity (Wildman–Crippen MR) is 104 cm³/mol. The number of carbonyl (C=O) groups excluding carboxylic acids is 1. The Morgan fingerprint density at radius 3 is 2.52 bits per heavy atom. The van der Waals surface area contributed by atoms with E-state index in [1.165, 1.54) is 18.2 Å². The van der Waals surface area contributed by atoms with E-state index in [1.807, 2.05) is 0 Å². The fourth-order valence-electron chi connectivity index (χ4n) is 3.91. The standard InChI is InChI=1S/C22H21F3N2O2/c1-11(10-28)22(29)26-16-6-13(7-16)19-17-8-15(24)9-18(25)21(17)27-20(19)12-2-4-14(23)5-3-12/h2-5,8-9,11,13,16,27-28H,6-7,10H2,1H3,(H,26,29)/t11?,13-,16-. The molecule has 1 saturated carbocycles. The fraction of sp³-hybridized carbons (Fsp3) is 0.318. The monoisotopic (exact) mass is 402 g/mol. The lowest BCUT2D eigenvalue weighted by atomic mass is 9.74. The van der Waals surface area contributed by atoms with Crippen molar-refractivity contribution >= 4 is 16.8 Å². The summed E-state index contributed by atoms with van der Waals surface area (Å²) in [7, 11) is 0. The van der Waals surface area contributed by atoms with E-state index in [2.05, 4.69) is 10.3 Å². The Kier molecular flexibility index (Phi) is 5.08. The quantitative estimate of drug-likeness (QED) is 0.598. The summed E-state index contributed by atoms with van der Waals surface area (Å²) in [4.78, 5) is 15.0. The molecule has 152 valence electrons. The van der Waals surface area contributed by atoms with Crippen molar-refractivity contribution in [3.05, 3.63) is 59.4 Å². The van der Waals surface area contributed by atoms with Crippen molar-refractivity contribution < 1.29 is 23.1 Å². The summed E-state index contributed by atoms with van der Waals surface area (Å²) >= 11 is 0. The van der Waals surface area contributed by atoms with Gasteiger partial charge in [0.1, 0.15) is 17.5 Å². The largest absolute Gasteiger partial charge is 0.396 e. The number of nitrogens with one attached hydrogen (secondary N) is 2. The SMILES string of the molecule is CC(CO)C(=O)N[C@H]1C[C@H](c2c(-c3ccc(F)cc3)[nH]c3c(F)cc(F)cc32)C1. The first-order valence-electron chi connectivity index (χ1n) is 9.55. The van der Waals surface area contributed by atoms with Gasteiger partial charge >= 0.3 is 0 Å². The van der Waals surface area contributed by atoms with Gasteiger partial charge in [0.2, 0.25) is 5.91 Å². The molecular weight excluding hydrogens is 381 g/mol. The number of H-pyrrole nitrogens is 1. The highest BCUT2D eigenvalue weighted by molar-refractivity contribution is 5.92. The molecule has 0 radical (unpaired) electrons. The van der Waals surface area contributed by atoms with E-state index >= 15 is 0 Å². The minimum absolute atomic E-state index is 0.0141. The van der Waals surface area contributed by atoms with E-state index in [0.717, 1.165) is 11.6 Å². The molecule has 4 nitrogen and oxygen atoms in total. The number of benzene rings is 2. The number of carbonyl (C=O) groups is 1. The highest BCUT2D eigenvalue weighted by atomic mass is 19.1. The van der Waals surface area contributed by atoms with Gasteiger partial charge in [-0.05, 0) is 60.2 Å². The number of aliphatic hydroxyl groups is 1. The lowest BCUT2D eigenvalue weighted by molar-refractivity contribution is -0.126. The lowest BCUT2D eigenvalue weighted by Crippen LogP contribution is -2.45. The topological polar surface area (TPSA) is 65.1 Å². The van der Waals surface area contributed by atoms with Gasteiger partial charge < -0.3 is 15.4 Å². The van der Waals surface area contributed by atoms with Gasteiger partial charge in [-0.15, -0.1) is 0 Å². The van der Waals surface area contributed by atoms with Gasteiger partial charge in [-0.1, -0.05) is 6.92 Å². The molecule has 1 aromatic heterocycles. The molecular formula is C22H21F3N2O2. The Morgan fingerprint density at radius 2 is 1.86 bits per heavy atom. The second kappa shape index (κ2) is 7.55. The van der Waals surface area contributed by atoms with Crippen molar-refractivity contribution in [3.8, 4) is 11.3 Å². The van der Waals surface area contributed by atoms with Gasteiger partial charge in [0, 0.05) is 17.5 Å². The zero-order valence-electron chi connectivity index (χ0n) is 15.8. The smallest absolute Gasteiger partial charge is 0.225 e. The van der Waals surface area contributed by atoms with Gasteiger partial charge in [0.05, 0.1) is 23.7 Å². The van der Waals surface area contributed by atoms with Gasteiger partial charge in [-0.25, -0.2) is 13.2 Å². The van der Waals surface area contributed by atoms with Crippen molar-refractivity contribution in [3.63, 3.8) is 0 Å². The molecule has 0 aliphatic heterocycles. The summed E-state index contributed by atoms with van der Waals surface area (Å²) in [6.45, 7) is 1.42. The third-order valence-corrected chi connectivity index (χ3v) is 5.61. The van der Waals surface area contributed by atoms with Crippen LogP contribution in [0.2, 0.25) is 0 Å². The molecule has 29 heavy (non-hydrogen) atoms. The molecule has 1 aliphatic rings. The number of hydrogen-bond acceptors (Lipinski definition) is 2. The summed E-state index contributed by atoms with van der Waals surface area (Å²) in [5.41, 5.74) is 2.29. The molecule has 1 heterocycles. The predicted octanol–water partition coefficient (Wildman–Crippen LogP) is 4.24. The molecule has 0 spiro atoms. The number of aliphatic hydroxyl groups excluding tert-OH is 1. The molecule has 0 bridgehead atoms. The first-order chi connectivity index (χ1) is 13.9. The van der Waals surface area contributed by atoms with Crippen LogP contribution >= 0.6 is 0 Å². The molecule has 1 fully saturated rings. The van der Waals surface area contributed by atoms with Crippen LogP contribution in [0.5, 0.6) is 0 Å². The van der Waals surface area contributed by atoms with Crippen molar-refractivity contribution in [2.24, 2.45) is 5.92 Å². The number of fused-ring (bicyclic) bond motifs is 1. The summed E-state index contributed by atoms with van der Waals surface area (Å²) < 4.78 is 41.6. The maximum atomic E-state index is 14.4. The first kappa shape index (κ1) is 19.5. The number of rotatable bonds is 5. The molecule has 3 N–H and O–H groups in total. The van der Waals surface area contributed by atoms with Gasteiger partial charge in [0.25, 0.3) is 0 Å². The Bertz CT molecular complexity index is 1060. The summed E-state index contributed by atoms with van der Waals surface area (Å²) in [6.07, 6.45) is 1.23. The number of aromatic amines is 1. The van der Waals surface area contributed by atoms with E-state index in [0.29, 0.717) is 29.5 Å². The van der Waals surface area contributed by atoms with Crippen LogP contribution in [0.1, 0.15) is 31.2 Å². The summed E-state index contributed by atoms with van der Waals surface area (Å²) in [5.74, 6) is -2.45. The molecule has 1 aliphatic carbocycles. The summed E-state index contributed by atoms with van der Waals surface area (Å²) in [6, 6.07) is 7.90. The molecule has 1 unspecified atom stereocenters. The second-order valence-electron chi connectivity index (χ2n) is 7.69. The number of amides is 1. The Hall–Kier alpha value is -2.80. The van der Waals surface area contributed by atoms with Crippen LogP contribution in [0, 0.1) is 23.4 Å². The van der Waals surface area contributed by atoms with E-state index in [1.54, 1.807) is 19.1 Å². The highest BCUT2D eigenvalue weighted by Crippen LogP contribution is 2.45. The zero-order valence-corrected chi connectivity index (χ0v) is 15.8. The minimum Gasteiger partial charge on any atom is -0.396 e. The van der Waals surface area contributed by atoms with Crippen molar-refractivity contribution in [2.45, 2.75) is 31.7 Å². The zero-order chi connectivity index (χ0) is 20.7. The second-order valence-corrected chi connectivity index (χ2v) is 7.69. The van der Waals surface area contributed by atoms with E-state index in [9.17, 15) is 18.0 Å². The highest BCUT2D eigenvalue weighted by Gasteiger charge is 2.36. The lowest BCUT2D eigenvalue weighted by Gasteiger charge is -2.37. The van der Waals surface area contributed by atoms with Gasteiger partial charge in [-0.2, -0.15) is 0 Å². The number of hydrogen-bond donors (Lipinski definition) is 3. The van der Waals surface area contributed by atoms with Crippen LogP contribution in [-0.4, -0.2) is 28.6 Å². The van der Waals surface area contributed by atoms with Crippen LogP contribution in [0.4, 0.5) is 13.2 Å². The molecule has 4 rings (SSSR count). The van der Waals surface area contributed by atoms with E-state index < -0.39 is 17.6 Å². The molecule has 3 aromatic rings. The Balaban J connectivity index is 1.69. The van der Waals surface area contributed by atoms with Crippen molar-refractivity contribution in [1.29, 1.82) is 0 Å². The van der Waals surface area contributed by atoms with Crippen molar-refractivity contribution in [2.75, 3.05) is 6.61 Å². The normalized spacial score (nSPS) is 19.8. The van der Waals surface area contributed by atoms with Crippen LogP contribution in [0.15, 0.2) is 36.4 Å². The Labute approximate surface area is 165 Å². The Morgan fingerprint density at radius 1 is 1.17 bits per heavy atom. The fourth-order valence-corrected chi connectivity index (χ4v) is 3.91.